The van der Waals surface area contributed by atoms with Crippen LogP contribution in [0.3, 0.4) is 0 Å². The Balaban J connectivity index is 1.47. The number of allylic oxidation sites excluding steroid dienone is 2. The molecule has 0 unspecified atom stereocenters. The molecule has 0 spiro atoms. The molecule has 3 aromatic carbocycles. The summed E-state index contributed by atoms with van der Waals surface area (Å²) in [6.07, 6.45) is 3.95. The Kier molecular flexibility index (Phi) is 8.24. The molecule has 42 heavy (non-hydrogen) atoms. The fourth-order valence-electron chi connectivity index (χ4n) is 5.05. The van der Waals surface area contributed by atoms with Gasteiger partial charge in [-0.2, -0.15) is 0 Å². The van der Waals surface area contributed by atoms with Crippen molar-refractivity contribution < 1.29 is 28.2 Å². The lowest BCUT2D eigenvalue weighted by atomic mass is 10.00. The molecular weight excluding hydrogens is 535 g/mol. The van der Waals surface area contributed by atoms with E-state index in [-0.39, 0.29) is 23.9 Å². The number of benzene rings is 3. The van der Waals surface area contributed by atoms with Gasteiger partial charge in [-0.1, -0.05) is 24.3 Å². The molecule has 5 rings (SSSR count). The quantitative estimate of drug-likeness (QED) is 0.187. The maximum absolute atomic E-state index is 14.4. The molecule has 1 heterocycles. The van der Waals surface area contributed by atoms with Crippen molar-refractivity contribution in [3.63, 3.8) is 0 Å². The normalized spacial score (nSPS) is 13.2. The largest absolute Gasteiger partial charge is 0.493 e. The highest BCUT2D eigenvalue weighted by atomic mass is 19.1. The van der Waals surface area contributed by atoms with E-state index in [0.717, 1.165) is 28.0 Å². The fraction of sp³-hybridized carbons (Fsp3) is 0.176. The molecule has 0 bridgehead atoms. The maximum atomic E-state index is 14.4. The molecule has 0 atom stereocenters. The lowest BCUT2D eigenvalue weighted by Crippen LogP contribution is -2.23. The Morgan fingerprint density at radius 2 is 1.64 bits per heavy atom. The zero-order chi connectivity index (χ0) is 29.8. The molecule has 1 amide bonds. The van der Waals surface area contributed by atoms with Crippen LogP contribution in [0.1, 0.15) is 46.1 Å². The van der Waals surface area contributed by atoms with E-state index in [1.165, 1.54) is 26.4 Å². The number of methoxy groups -OCH3 is 2. The lowest BCUT2D eigenvalue weighted by molar-refractivity contribution is -0.120. The summed E-state index contributed by atoms with van der Waals surface area (Å²) in [5.41, 5.74) is 6.04. The van der Waals surface area contributed by atoms with Crippen molar-refractivity contribution in [1.82, 2.24) is 9.88 Å². The number of carbonyl (C=O) groups is 2. The van der Waals surface area contributed by atoms with Gasteiger partial charge in [0, 0.05) is 18.9 Å². The van der Waals surface area contributed by atoms with Crippen molar-refractivity contribution in [3.05, 3.63) is 118 Å². The predicted octanol–water partition coefficient (Wildman–Crippen LogP) is 6.43. The van der Waals surface area contributed by atoms with E-state index in [1.807, 2.05) is 49.0 Å². The van der Waals surface area contributed by atoms with Gasteiger partial charge >= 0.3 is 5.97 Å². The number of rotatable bonds is 9. The van der Waals surface area contributed by atoms with E-state index < -0.39 is 5.97 Å². The first kappa shape index (κ1) is 28.4. The minimum absolute atomic E-state index is 0.102. The topological polar surface area (TPSA) is 78.8 Å². The van der Waals surface area contributed by atoms with Crippen LogP contribution < -0.4 is 19.5 Å². The van der Waals surface area contributed by atoms with E-state index in [4.69, 9.17) is 14.2 Å². The van der Waals surface area contributed by atoms with Crippen LogP contribution in [0.4, 0.5) is 4.39 Å². The van der Waals surface area contributed by atoms with Gasteiger partial charge in [0.05, 0.1) is 32.7 Å². The van der Waals surface area contributed by atoms with Crippen molar-refractivity contribution in [3.8, 4) is 17.2 Å². The molecule has 1 aliphatic rings. The molecule has 7 nitrogen and oxygen atoms in total. The van der Waals surface area contributed by atoms with Gasteiger partial charge in [0.25, 0.3) is 0 Å². The van der Waals surface area contributed by atoms with Crippen LogP contribution in [-0.4, -0.2) is 30.7 Å². The summed E-state index contributed by atoms with van der Waals surface area (Å²) in [6.45, 7) is 2.32. The van der Waals surface area contributed by atoms with E-state index in [9.17, 15) is 14.0 Å². The SMILES string of the molecule is COc1cc(C=C2C(C)=C(CC(=O)NCc3cccn3C)c3cc(F)ccc32)cc(OC)c1OC(=O)c1ccccc1. The van der Waals surface area contributed by atoms with Crippen LogP contribution in [0.25, 0.3) is 17.2 Å². The molecule has 0 radical (unpaired) electrons. The summed E-state index contributed by atoms with van der Waals surface area (Å²) in [5, 5.41) is 2.97. The third kappa shape index (κ3) is 5.83. The molecule has 1 N–H and O–H groups in total. The summed E-state index contributed by atoms with van der Waals surface area (Å²) in [6, 6.07) is 20.6. The second-order valence-electron chi connectivity index (χ2n) is 9.93. The highest BCUT2D eigenvalue weighted by Gasteiger charge is 2.26. The van der Waals surface area contributed by atoms with Gasteiger partial charge in [0.1, 0.15) is 5.82 Å². The van der Waals surface area contributed by atoms with Crippen LogP contribution in [0.5, 0.6) is 17.2 Å². The minimum Gasteiger partial charge on any atom is -0.493 e. The first-order valence-electron chi connectivity index (χ1n) is 13.4. The number of hydrogen-bond acceptors (Lipinski definition) is 5. The number of hydrogen-bond donors (Lipinski definition) is 1. The predicted molar refractivity (Wildman–Crippen MR) is 160 cm³/mol. The summed E-state index contributed by atoms with van der Waals surface area (Å²) >= 11 is 0. The summed E-state index contributed by atoms with van der Waals surface area (Å²) < 4.78 is 33.2. The number of nitrogens with zero attached hydrogens (tertiary/aromatic N) is 1. The molecule has 8 heteroatoms. The molecule has 1 aromatic heterocycles. The average molecular weight is 567 g/mol. The Labute approximate surface area is 243 Å². The summed E-state index contributed by atoms with van der Waals surface area (Å²) in [5.74, 6) is -0.298. The zero-order valence-corrected chi connectivity index (χ0v) is 23.9. The van der Waals surface area contributed by atoms with Gasteiger partial charge in [0.2, 0.25) is 11.7 Å². The molecule has 0 fully saturated rings. The Morgan fingerprint density at radius 1 is 0.929 bits per heavy atom. The number of amides is 1. The number of aromatic nitrogens is 1. The van der Waals surface area contributed by atoms with Gasteiger partial charge in [-0.05, 0) is 94.9 Å². The smallest absolute Gasteiger partial charge is 0.343 e. The van der Waals surface area contributed by atoms with Crippen LogP contribution in [-0.2, 0) is 18.4 Å². The first-order valence-corrected chi connectivity index (χ1v) is 13.4. The van der Waals surface area contributed by atoms with Crippen LogP contribution in [0.2, 0.25) is 0 Å². The molecule has 214 valence electrons. The Hall–Kier alpha value is -5.11. The van der Waals surface area contributed by atoms with Crippen molar-refractivity contribution in [2.75, 3.05) is 14.2 Å². The number of carbonyl (C=O) groups excluding carboxylic acids is 2. The fourth-order valence-corrected chi connectivity index (χ4v) is 5.05. The summed E-state index contributed by atoms with van der Waals surface area (Å²) in [4.78, 5) is 25.7. The maximum Gasteiger partial charge on any atom is 0.343 e. The van der Waals surface area contributed by atoms with Crippen LogP contribution >= 0.6 is 0 Å². The molecule has 0 saturated heterocycles. The van der Waals surface area contributed by atoms with Crippen LogP contribution in [0, 0.1) is 5.82 Å². The van der Waals surface area contributed by atoms with Gasteiger partial charge in [0.15, 0.2) is 11.5 Å². The monoisotopic (exact) mass is 566 g/mol. The van der Waals surface area contributed by atoms with E-state index in [1.54, 1.807) is 42.5 Å². The Bertz CT molecular complexity index is 1690. The number of aryl methyl sites for hydroxylation is 1. The van der Waals surface area contributed by atoms with E-state index in [2.05, 4.69) is 5.32 Å². The first-order chi connectivity index (χ1) is 20.3. The van der Waals surface area contributed by atoms with E-state index >= 15 is 0 Å². The van der Waals surface area contributed by atoms with Gasteiger partial charge in [-0.25, -0.2) is 9.18 Å². The minimum atomic E-state index is -0.543. The van der Waals surface area contributed by atoms with Crippen molar-refractivity contribution in [2.24, 2.45) is 7.05 Å². The van der Waals surface area contributed by atoms with Gasteiger partial charge < -0.3 is 24.1 Å². The molecular formula is C34H31FN2O5. The highest BCUT2D eigenvalue weighted by molar-refractivity contribution is 6.08. The molecule has 0 aliphatic heterocycles. The zero-order valence-electron chi connectivity index (χ0n) is 23.9. The second kappa shape index (κ2) is 12.2. The lowest BCUT2D eigenvalue weighted by Gasteiger charge is -2.15. The Morgan fingerprint density at radius 3 is 2.29 bits per heavy atom. The molecule has 1 aliphatic carbocycles. The molecule has 4 aromatic rings. The van der Waals surface area contributed by atoms with E-state index in [0.29, 0.717) is 34.7 Å². The standard InChI is InChI=1S/C34H31FN2O5/c1-21-27(15-22-16-30(40-3)33(31(17-22)41-4)42-34(39)23-9-6-5-7-10-23)26-13-12-24(35)18-29(26)28(21)19-32(38)36-20-25-11-8-14-37(25)2/h5-18H,19-20H2,1-4H3,(H,36,38). The van der Waals surface area contributed by atoms with Crippen molar-refractivity contribution in [2.45, 2.75) is 19.9 Å². The number of halogens is 1. The number of nitrogens with one attached hydrogen (secondary N) is 1. The third-order valence-corrected chi connectivity index (χ3v) is 7.31. The van der Waals surface area contributed by atoms with Crippen LogP contribution in [0.15, 0.2) is 84.6 Å². The van der Waals surface area contributed by atoms with Crippen molar-refractivity contribution in [1.29, 1.82) is 0 Å². The average Bonchev–Trinajstić information content (AvgIpc) is 3.52. The van der Waals surface area contributed by atoms with Gasteiger partial charge in [-0.3, -0.25) is 4.79 Å². The van der Waals surface area contributed by atoms with Crippen molar-refractivity contribution >= 4 is 29.1 Å². The number of esters is 1. The number of ether oxygens (including phenoxy) is 3. The third-order valence-electron chi connectivity index (χ3n) is 7.31. The number of fused-ring (bicyclic) bond motifs is 1. The summed E-state index contributed by atoms with van der Waals surface area (Å²) in [7, 11) is 4.89. The van der Waals surface area contributed by atoms with Gasteiger partial charge in [-0.15, -0.1) is 0 Å². The molecule has 0 saturated carbocycles. The second-order valence-corrected chi connectivity index (χ2v) is 9.93. The highest BCUT2D eigenvalue weighted by Crippen LogP contribution is 2.45.